The van der Waals surface area contributed by atoms with E-state index in [1.807, 2.05) is 62.4 Å². The maximum atomic E-state index is 12.9. The standard InChI is InChI=1S/C21H24N2O2/c1-3-12-23-19(24)13-17-6-4-5-7-18(17)20(23)21(25)22-14-16-10-8-15(2)9-11-16/h4-11,20H,3,12-14H2,1-2H3,(H,22,25)/t20-/m0/s1. The van der Waals surface area contributed by atoms with E-state index < -0.39 is 6.04 Å². The van der Waals surface area contributed by atoms with Crippen LogP contribution in [0.15, 0.2) is 48.5 Å². The molecule has 1 aliphatic rings. The summed E-state index contributed by atoms with van der Waals surface area (Å²) < 4.78 is 0. The van der Waals surface area contributed by atoms with Crippen molar-refractivity contribution in [3.8, 4) is 0 Å². The van der Waals surface area contributed by atoms with Crippen LogP contribution in [0.25, 0.3) is 0 Å². The Hall–Kier alpha value is -2.62. The SMILES string of the molecule is CCCN1C(=O)Cc2ccccc2[C@H]1C(=O)NCc1ccc(C)cc1. The number of hydrogen-bond donors (Lipinski definition) is 1. The quantitative estimate of drug-likeness (QED) is 0.912. The van der Waals surface area contributed by atoms with Crippen molar-refractivity contribution in [3.05, 3.63) is 70.8 Å². The molecular weight excluding hydrogens is 312 g/mol. The zero-order valence-electron chi connectivity index (χ0n) is 14.8. The van der Waals surface area contributed by atoms with Crippen LogP contribution >= 0.6 is 0 Å². The summed E-state index contributed by atoms with van der Waals surface area (Å²) >= 11 is 0. The second-order valence-corrected chi connectivity index (χ2v) is 6.57. The first-order chi connectivity index (χ1) is 12.1. The lowest BCUT2D eigenvalue weighted by atomic mass is 9.91. The Morgan fingerprint density at radius 1 is 1.16 bits per heavy atom. The van der Waals surface area contributed by atoms with Gasteiger partial charge in [-0.15, -0.1) is 0 Å². The summed E-state index contributed by atoms with van der Waals surface area (Å²) in [5, 5.41) is 3.01. The number of benzene rings is 2. The van der Waals surface area contributed by atoms with E-state index >= 15 is 0 Å². The van der Waals surface area contributed by atoms with Crippen LogP contribution in [-0.4, -0.2) is 23.3 Å². The Kier molecular flexibility index (Phi) is 5.17. The highest BCUT2D eigenvalue weighted by molar-refractivity contribution is 5.92. The van der Waals surface area contributed by atoms with Crippen molar-refractivity contribution in [1.29, 1.82) is 0 Å². The largest absolute Gasteiger partial charge is 0.350 e. The Labute approximate surface area is 148 Å². The van der Waals surface area contributed by atoms with E-state index in [1.165, 1.54) is 5.56 Å². The molecule has 4 nitrogen and oxygen atoms in total. The highest BCUT2D eigenvalue weighted by Crippen LogP contribution is 2.30. The van der Waals surface area contributed by atoms with E-state index in [-0.39, 0.29) is 11.8 Å². The lowest BCUT2D eigenvalue weighted by Crippen LogP contribution is -2.47. The minimum absolute atomic E-state index is 0.0241. The number of rotatable bonds is 5. The van der Waals surface area contributed by atoms with E-state index in [2.05, 4.69) is 5.32 Å². The van der Waals surface area contributed by atoms with E-state index in [0.29, 0.717) is 19.5 Å². The minimum Gasteiger partial charge on any atom is -0.350 e. The van der Waals surface area contributed by atoms with Crippen molar-refractivity contribution in [2.45, 2.75) is 39.3 Å². The molecule has 1 atom stereocenters. The molecule has 0 aliphatic carbocycles. The number of nitrogens with one attached hydrogen (secondary N) is 1. The fraction of sp³-hybridized carbons (Fsp3) is 0.333. The van der Waals surface area contributed by atoms with Gasteiger partial charge in [0, 0.05) is 13.1 Å². The Balaban J connectivity index is 1.82. The molecule has 0 radical (unpaired) electrons. The van der Waals surface area contributed by atoms with Crippen molar-refractivity contribution < 1.29 is 9.59 Å². The number of carbonyl (C=O) groups is 2. The van der Waals surface area contributed by atoms with Crippen LogP contribution in [0.1, 0.15) is 41.6 Å². The molecule has 3 rings (SSSR count). The number of fused-ring (bicyclic) bond motifs is 1. The lowest BCUT2D eigenvalue weighted by Gasteiger charge is -2.36. The lowest BCUT2D eigenvalue weighted by molar-refractivity contribution is -0.141. The fourth-order valence-corrected chi connectivity index (χ4v) is 3.31. The van der Waals surface area contributed by atoms with E-state index in [1.54, 1.807) is 4.90 Å². The molecule has 0 saturated carbocycles. The van der Waals surface area contributed by atoms with Gasteiger partial charge in [0.2, 0.25) is 11.8 Å². The predicted octanol–water partition coefficient (Wildman–Crippen LogP) is 3.15. The first-order valence-corrected chi connectivity index (χ1v) is 8.80. The summed E-state index contributed by atoms with van der Waals surface area (Å²) in [6.07, 6.45) is 1.20. The molecule has 0 saturated heterocycles. The Morgan fingerprint density at radius 3 is 2.60 bits per heavy atom. The van der Waals surface area contributed by atoms with Crippen LogP contribution in [0.3, 0.4) is 0 Å². The van der Waals surface area contributed by atoms with Crippen LogP contribution in [0.2, 0.25) is 0 Å². The molecule has 0 bridgehead atoms. The Bertz CT molecular complexity index is 768. The van der Waals surface area contributed by atoms with Gasteiger partial charge in [0.15, 0.2) is 0 Å². The number of amides is 2. The predicted molar refractivity (Wildman–Crippen MR) is 97.9 cm³/mol. The van der Waals surface area contributed by atoms with E-state index in [4.69, 9.17) is 0 Å². The maximum Gasteiger partial charge on any atom is 0.247 e. The van der Waals surface area contributed by atoms with Gasteiger partial charge in [-0.25, -0.2) is 0 Å². The molecule has 1 aliphatic heterocycles. The van der Waals surface area contributed by atoms with Crippen LogP contribution in [0.5, 0.6) is 0 Å². The molecule has 0 spiro atoms. The van der Waals surface area contributed by atoms with E-state index in [0.717, 1.165) is 23.1 Å². The van der Waals surface area contributed by atoms with Gasteiger partial charge in [-0.05, 0) is 30.0 Å². The zero-order valence-corrected chi connectivity index (χ0v) is 14.8. The van der Waals surface area contributed by atoms with Crippen molar-refractivity contribution in [1.82, 2.24) is 10.2 Å². The second kappa shape index (κ2) is 7.51. The molecule has 0 unspecified atom stereocenters. The fourth-order valence-electron chi connectivity index (χ4n) is 3.31. The topological polar surface area (TPSA) is 49.4 Å². The number of nitrogens with zero attached hydrogens (tertiary/aromatic N) is 1. The molecule has 1 heterocycles. The van der Waals surface area contributed by atoms with Crippen molar-refractivity contribution in [2.24, 2.45) is 0 Å². The van der Waals surface area contributed by atoms with Crippen LogP contribution in [0, 0.1) is 6.92 Å². The summed E-state index contributed by atoms with van der Waals surface area (Å²) in [5.41, 5.74) is 4.14. The first-order valence-electron chi connectivity index (χ1n) is 8.80. The summed E-state index contributed by atoms with van der Waals surface area (Å²) in [7, 11) is 0. The molecule has 2 aromatic carbocycles. The second-order valence-electron chi connectivity index (χ2n) is 6.57. The third-order valence-electron chi connectivity index (χ3n) is 4.62. The van der Waals surface area contributed by atoms with Crippen LogP contribution in [-0.2, 0) is 22.6 Å². The van der Waals surface area contributed by atoms with Gasteiger partial charge >= 0.3 is 0 Å². The molecule has 2 aromatic rings. The zero-order chi connectivity index (χ0) is 17.8. The number of carbonyl (C=O) groups excluding carboxylic acids is 2. The van der Waals surface area contributed by atoms with Gasteiger partial charge in [0.1, 0.15) is 6.04 Å². The normalized spacial score (nSPS) is 16.5. The molecule has 130 valence electrons. The highest BCUT2D eigenvalue weighted by Gasteiger charge is 2.36. The molecule has 25 heavy (non-hydrogen) atoms. The summed E-state index contributed by atoms with van der Waals surface area (Å²) in [6, 6.07) is 15.3. The van der Waals surface area contributed by atoms with Gasteiger partial charge in [0.05, 0.1) is 6.42 Å². The molecule has 0 fully saturated rings. The summed E-state index contributed by atoms with van der Waals surface area (Å²) in [6.45, 7) is 5.12. The van der Waals surface area contributed by atoms with Crippen LogP contribution in [0.4, 0.5) is 0 Å². The number of aryl methyl sites for hydroxylation is 1. The third kappa shape index (κ3) is 3.73. The molecule has 0 aromatic heterocycles. The Morgan fingerprint density at radius 2 is 1.88 bits per heavy atom. The number of hydrogen-bond acceptors (Lipinski definition) is 2. The summed E-state index contributed by atoms with van der Waals surface area (Å²) in [5.74, 6) is -0.0921. The van der Waals surface area contributed by atoms with Crippen molar-refractivity contribution in [3.63, 3.8) is 0 Å². The maximum absolute atomic E-state index is 12.9. The first kappa shape index (κ1) is 17.2. The van der Waals surface area contributed by atoms with Crippen molar-refractivity contribution >= 4 is 11.8 Å². The highest BCUT2D eigenvalue weighted by atomic mass is 16.2. The van der Waals surface area contributed by atoms with Gasteiger partial charge in [-0.1, -0.05) is 61.0 Å². The van der Waals surface area contributed by atoms with Crippen molar-refractivity contribution in [2.75, 3.05) is 6.54 Å². The third-order valence-corrected chi connectivity index (χ3v) is 4.62. The average Bonchev–Trinajstić information content (AvgIpc) is 2.62. The molecule has 4 heteroatoms. The molecule has 2 amide bonds. The van der Waals surface area contributed by atoms with Crippen LogP contribution < -0.4 is 5.32 Å². The van der Waals surface area contributed by atoms with E-state index in [9.17, 15) is 9.59 Å². The summed E-state index contributed by atoms with van der Waals surface area (Å²) in [4.78, 5) is 27.2. The smallest absolute Gasteiger partial charge is 0.247 e. The molecule has 1 N–H and O–H groups in total. The van der Waals surface area contributed by atoms with Gasteiger partial charge in [-0.2, -0.15) is 0 Å². The van der Waals surface area contributed by atoms with Gasteiger partial charge in [-0.3, -0.25) is 9.59 Å². The average molecular weight is 336 g/mol. The van der Waals surface area contributed by atoms with Gasteiger partial charge in [0.25, 0.3) is 0 Å². The van der Waals surface area contributed by atoms with Gasteiger partial charge < -0.3 is 10.2 Å². The molecular formula is C21H24N2O2. The monoisotopic (exact) mass is 336 g/mol. The minimum atomic E-state index is -0.539.